The molecule has 0 radical (unpaired) electrons. The van der Waals surface area contributed by atoms with E-state index < -0.39 is 6.04 Å². The lowest BCUT2D eigenvalue weighted by atomic mass is 10.0. The Bertz CT molecular complexity index is 441. The van der Waals surface area contributed by atoms with E-state index in [0.29, 0.717) is 6.42 Å². The molecule has 0 saturated carbocycles. The van der Waals surface area contributed by atoms with Gasteiger partial charge in [-0.25, -0.2) is 0 Å². The molecule has 4 nitrogen and oxygen atoms in total. The molecule has 138 valence electrons. The SMILES string of the molecule is CCCCCN(CCCCC)C(=O)[C@H](N)Cc1ccc(O)cc1.Cl. The highest BCUT2D eigenvalue weighted by Crippen LogP contribution is 2.12. The molecule has 24 heavy (non-hydrogen) atoms. The van der Waals surface area contributed by atoms with E-state index >= 15 is 0 Å². The number of nitrogens with zero attached hydrogens (tertiary/aromatic N) is 1. The van der Waals surface area contributed by atoms with Crippen LogP contribution in [0.3, 0.4) is 0 Å². The highest BCUT2D eigenvalue weighted by molar-refractivity contribution is 5.85. The summed E-state index contributed by atoms with van der Waals surface area (Å²) in [6.07, 6.45) is 7.18. The van der Waals surface area contributed by atoms with Crippen molar-refractivity contribution >= 4 is 18.3 Å². The monoisotopic (exact) mass is 356 g/mol. The molecule has 1 aromatic rings. The Morgan fingerprint density at radius 3 is 2.00 bits per heavy atom. The molecule has 0 aliphatic heterocycles. The lowest BCUT2D eigenvalue weighted by molar-refractivity contribution is -0.132. The average Bonchev–Trinajstić information content (AvgIpc) is 2.55. The zero-order valence-corrected chi connectivity index (χ0v) is 15.9. The van der Waals surface area contributed by atoms with Crippen molar-refractivity contribution in [3.8, 4) is 5.75 Å². The van der Waals surface area contributed by atoms with Gasteiger partial charge in [0.25, 0.3) is 0 Å². The van der Waals surface area contributed by atoms with Crippen LogP contribution in [0.15, 0.2) is 24.3 Å². The fourth-order valence-electron chi connectivity index (χ4n) is 2.65. The first kappa shape index (κ1) is 22.7. The maximum Gasteiger partial charge on any atom is 0.239 e. The lowest BCUT2D eigenvalue weighted by Crippen LogP contribution is -2.45. The molecule has 1 aromatic carbocycles. The zero-order valence-electron chi connectivity index (χ0n) is 15.0. The van der Waals surface area contributed by atoms with Crippen LogP contribution in [0.4, 0.5) is 0 Å². The van der Waals surface area contributed by atoms with Gasteiger partial charge in [0.05, 0.1) is 6.04 Å². The molecule has 1 rings (SSSR count). The average molecular weight is 357 g/mol. The molecule has 0 aliphatic carbocycles. The van der Waals surface area contributed by atoms with Gasteiger partial charge in [-0.05, 0) is 37.0 Å². The van der Waals surface area contributed by atoms with E-state index in [-0.39, 0.29) is 24.1 Å². The van der Waals surface area contributed by atoms with Gasteiger partial charge in [-0.1, -0.05) is 51.7 Å². The van der Waals surface area contributed by atoms with Crippen molar-refractivity contribution in [2.24, 2.45) is 5.73 Å². The molecule has 0 bridgehead atoms. The molecule has 0 heterocycles. The van der Waals surface area contributed by atoms with E-state index in [2.05, 4.69) is 13.8 Å². The number of carbonyl (C=O) groups is 1. The maximum atomic E-state index is 12.7. The molecule has 0 aromatic heterocycles. The second-order valence-electron chi connectivity index (χ2n) is 6.22. The predicted octanol–water partition coefficient (Wildman–Crippen LogP) is 3.89. The first-order valence-electron chi connectivity index (χ1n) is 8.90. The molecule has 0 spiro atoms. The van der Waals surface area contributed by atoms with Gasteiger partial charge < -0.3 is 15.7 Å². The van der Waals surface area contributed by atoms with E-state index in [1.807, 2.05) is 17.0 Å². The number of benzene rings is 1. The topological polar surface area (TPSA) is 66.6 Å². The summed E-state index contributed by atoms with van der Waals surface area (Å²) in [4.78, 5) is 14.6. The smallest absolute Gasteiger partial charge is 0.239 e. The molecule has 5 heteroatoms. The Kier molecular flexibility index (Phi) is 12.4. The molecule has 0 saturated heterocycles. The molecule has 0 unspecified atom stereocenters. The van der Waals surface area contributed by atoms with Crippen LogP contribution in [-0.4, -0.2) is 35.0 Å². The van der Waals surface area contributed by atoms with Crippen LogP contribution in [0, 0.1) is 0 Å². The van der Waals surface area contributed by atoms with Crippen molar-refractivity contribution < 1.29 is 9.90 Å². The second-order valence-corrected chi connectivity index (χ2v) is 6.22. The number of aromatic hydroxyl groups is 1. The van der Waals surface area contributed by atoms with E-state index in [0.717, 1.165) is 57.2 Å². The van der Waals surface area contributed by atoms with Crippen molar-refractivity contribution in [1.29, 1.82) is 0 Å². The molecule has 3 N–H and O–H groups in total. The number of rotatable bonds is 11. The van der Waals surface area contributed by atoms with Crippen molar-refractivity contribution in [3.63, 3.8) is 0 Å². The highest BCUT2D eigenvalue weighted by Gasteiger charge is 2.20. The van der Waals surface area contributed by atoms with Crippen molar-refractivity contribution in [1.82, 2.24) is 4.90 Å². The zero-order chi connectivity index (χ0) is 17.1. The summed E-state index contributed by atoms with van der Waals surface area (Å²) >= 11 is 0. The number of phenols is 1. The van der Waals surface area contributed by atoms with E-state index in [9.17, 15) is 9.90 Å². The summed E-state index contributed by atoms with van der Waals surface area (Å²) in [6, 6.07) is 6.39. The normalized spacial score (nSPS) is 11.6. The minimum atomic E-state index is -0.511. The van der Waals surface area contributed by atoms with Gasteiger partial charge in [-0.2, -0.15) is 0 Å². The van der Waals surface area contributed by atoms with Gasteiger partial charge in [0.1, 0.15) is 5.75 Å². The quantitative estimate of drug-likeness (QED) is 0.591. The van der Waals surface area contributed by atoms with Crippen molar-refractivity contribution in [2.45, 2.75) is 64.8 Å². The number of phenolic OH excluding ortho intramolecular Hbond substituents is 1. The van der Waals surface area contributed by atoms with Gasteiger partial charge in [-0.15, -0.1) is 12.4 Å². The summed E-state index contributed by atoms with van der Waals surface area (Å²) in [5.74, 6) is 0.277. The summed E-state index contributed by atoms with van der Waals surface area (Å²) in [7, 11) is 0. The maximum absolute atomic E-state index is 12.7. The fourth-order valence-corrected chi connectivity index (χ4v) is 2.65. The third-order valence-corrected chi connectivity index (χ3v) is 4.08. The van der Waals surface area contributed by atoms with Crippen molar-refractivity contribution in [3.05, 3.63) is 29.8 Å². The summed E-state index contributed by atoms with van der Waals surface area (Å²) in [5.41, 5.74) is 7.12. The van der Waals surface area contributed by atoms with Gasteiger partial charge in [0.2, 0.25) is 5.91 Å². The molecule has 1 atom stereocenters. The Balaban J connectivity index is 0.00000529. The van der Waals surface area contributed by atoms with Gasteiger partial charge in [-0.3, -0.25) is 4.79 Å². The molecular formula is C19H33ClN2O2. The standard InChI is InChI=1S/C19H32N2O2.ClH/c1-3-5-7-13-21(14-8-6-4-2)19(23)18(20)15-16-9-11-17(22)12-10-16;/h9-12,18,22H,3-8,13-15,20H2,1-2H3;1H/t18-;/m1./s1. The number of hydrogen-bond acceptors (Lipinski definition) is 3. The Morgan fingerprint density at radius 1 is 1.04 bits per heavy atom. The second kappa shape index (κ2) is 13.1. The van der Waals surface area contributed by atoms with E-state index in [4.69, 9.17) is 5.73 Å². The summed E-state index contributed by atoms with van der Waals surface area (Å²) in [5, 5.41) is 9.32. The number of unbranched alkanes of at least 4 members (excludes halogenated alkanes) is 4. The largest absolute Gasteiger partial charge is 0.508 e. The van der Waals surface area contributed by atoms with Crippen LogP contribution < -0.4 is 5.73 Å². The highest BCUT2D eigenvalue weighted by atomic mass is 35.5. The predicted molar refractivity (Wildman–Crippen MR) is 103 cm³/mol. The number of halogens is 1. The van der Waals surface area contributed by atoms with Crippen LogP contribution in [-0.2, 0) is 11.2 Å². The van der Waals surface area contributed by atoms with Crippen LogP contribution >= 0.6 is 12.4 Å². The number of carbonyl (C=O) groups excluding carboxylic acids is 1. The Hall–Kier alpha value is -1.26. The molecular weight excluding hydrogens is 324 g/mol. The van der Waals surface area contributed by atoms with Gasteiger partial charge >= 0.3 is 0 Å². The van der Waals surface area contributed by atoms with E-state index in [1.54, 1.807) is 12.1 Å². The minimum Gasteiger partial charge on any atom is -0.508 e. The first-order valence-corrected chi connectivity index (χ1v) is 8.90. The van der Waals surface area contributed by atoms with Gasteiger partial charge in [0.15, 0.2) is 0 Å². The first-order chi connectivity index (χ1) is 11.1. The molecule has 0 aliphatic rings. The van der Waals surface area contributed by atoms with Crippen LogP contribution in [0.25, 0.3) is 0 Å². The number of nitrogens with two attached hydrogens (primary N) is 1. The van der Waals surface area contributed by atoms with Gasteiger partial charge in [0, 0.05) is 13.1 Å². The van der Waals surface area contributed by atoms with Crippen molar-refractivity contribution in [2.75, 3.05) is 13.1 Å². The molecule has 1 amide bonds. The number of hydrogen-bond donors (Lipinski definition) is 2. The number of amides is 1. The Morgan fingerprint density at radius 2 is 1.54 bits per heavy atom. The lowest BCUT2D eigenvalue weighted by Gasteiger charge is -2.26. The third kappa shape index (κ3) is 8.55. The summed E-state index contributed by atoms with van der Waals surface area (Å²) in [6.45, 7) is 5.94. The Labute approximate surface area is 152 Å². The summed E-state index contributed by atoms with van der Waals surface area (Å²) < 4.78 is 0. The van der Waals surface area contributed by atoms with E-state index in [1.165, 1.54) is 0 Å². The van der Waals surface area contributed by atoms with Crippen LogP contribution in [0.1, 0.15) is 57.9 Å². The van der Waals surface area contributed by atoms with Crippen LogP contribution in [0.2, 0.25) is 0 Å². The minimum absolute atomic E-state index is 0. The van der Waals surface area contributed by atoms with Crippen LogP contribution in [0.5, 0.6) is 5.75 Å². The third-order valence-electron chi connectivity index (χ3n) is 4.08. The fraction of sp³-hybridized carbons (Fsp3) is 0.632. The molecule has 0 fully saturated rings.